The lowest BCUT2D eigenvalue weighted by Crippen LogP contribution is -2.54. The normalized spacial score (nSPS) is 38.6. The van der Waals surface area contributed by atoms with Crippen LogP contribution in [0.5, 0.6) is 0 Å². The van der Waals surface area contributed by atoms with Gasteiger partial charge in [-0.2, -0.15) is 0 Å². The van der Waals surface area contributed by atoms with E-state index in [-0.39, 0.29) is 31.1 Å². The van der Waals surface area contributed by atoms with Crippen LogP contribution in [-0.2, 0) is 23.9 Å². The second-order valence-corrected chi connectivity index (χ2v) is 14.8. The van der Waals surface area contributed by atoms with Crippen LogP contribution < -0.4 is 0 Å². The van der Waals surface area contributed by atoms with Gasteiger partial charge in [-0.05, 0) is 131 Å². The summed E-state index contributed by atoms with van der Waals surface area (Å²) in [7, 11) is 0. The molecule has 0 aromatic carbocycles. The molecule has 9 atom stereocenters. The van der Waals surface area contributed by atoms with E-state index < -0.39 is 11.4 Å². The van der Waals surface area contributed by atoms with Crippen molar-refractivity contribution in [3.8, 4) is 0 Å². The Balaban J connectivity index is 1.34. The van der Waals surface area contributed by atoms with Crippen molar-refractivity contribution < 1.29 is 29.0 Å². The van der Waals surface area contributed by atoms with Gasteiger partial charge in [-0.1, -0.05) is 27.7 Å². The zero-order valence-electron chi connectivity index (χ0n) is 25.4. The number of esters is 2. The zero-order chi connectivity index (χ0) is 28.6. The number of fused-ring (bicyclic) bond motifs is 5. The Labute approximate surface area is 236 Å². The highest BCUT2D eigenvalue weighted by Crippen LogP contribution is 2.68. The van der Waals surface area contributed by atoms with Gasteiger partial charge in [0.25, 0.3) is 0 Å². The Morgan fingerprint density at radius 1 is 0.949 bits per heavy atom. The lowest BCUT2D eigenvalue weighted by atomic mass is 9.44. The number of carbonyl (C=O) groups is 3. The van der Waals surface area contributed by atoms with E-state index in [9.17, 15) is 14.4 Å². The van der Waals surface area contributed by atoms with Gasteiger partial charge < -0.3 is 14.6 Å². The standard InChI is InChI=1S/C33H54O6/c1-7-31(3,4)30(37)39-23-14-17-32(5)22(20-23)9-10-24-26-12-11-25(33(26,6)18-15-27(24)32)21(2)8-13-29(36)38-19-16-28(34)35/h21-27H,7-20H2,1-6H3,(H,34,35)/t21?,22?,23?,24?,25?,26?,27?,32-,33+/m0/s1. The third-order valence-corrected chi connectivity index (χ3v) is 12.5. The Bertz CT molecular complexity index is 912. The Hall–Kier alpha value is -1.59. The summed E-state index contributed by atoms with van der Waals surface area (Å²) in [5.41, 5.74) is 0.301. The molecule has 0 aliphatic heterocycles. The maximum Gasteiger partial charge on any atom is 0.311 e. The summed E-state index contributed by atoms with van der Waals surface area (Å²) >= 11 is 0. The van der Waals surface area contributed by atoms with Crippen molar-refractivity contribution in [2.45, 2.75) is 131 Å². The molecule has 0 aromatic heterocycles. The second-order valence-electron chi connectivity index (χ2n) is 14.8. The minimum atomic E-state index is -0.938. The van der Waals surface area contributed by atoms with Gasteiger partial charge >= 0.3 is 17.9 Å². The van der Waals surface area contributed by atoms with Crippen molar-refractivity contribution in [2.24, 2.45) is 51.8 Å². The predicted octanol–water partition coefficient (Wildman–Crippen LogP) is 7.43. The molecule has 4 saturated carbocycles. The topological polar surface area (TPSA) is 89.9 Å². The molecular weight excluding hydrogens is 492 g/mol. The number of rotatable bonds is 10. The lowest BCUT2D eigenvalue weighted by molar-refractivity contribution is -0.171. The molecule has 7 unspecified atom stereocenters. The van der Waals surface area contributed by atoms with E-state index in [1.54, 1.807) is 0 Å². The van der Waals surface area contributed by atoms with Crippen LogP contribution >= 0.6 is 0 Å². The minimum absolute atomic E-state index is 0.0274. The largest absolute Gasteiger partial charge is 0.481 e. The molecule has 0 bridgehead atoms. The first-order chi connectivity index (χ1) is 18.3. The van der Waals surface area contributed by atoms with E-state index in [1.807, 2.05) is 13.8 Å². The predicted molar refractivity (Wildman–Crippen MR) is 151 cm³/mol. The maximum absolute atomic E-state index is 12.8. The summed E-state index contributed by atoms with van der Waals surface area (Å²) in [5, 5.41) is 8.76. The van der Waals surface area contributed by atoms with Gasteiger partial charge in [0.15, 0.2) is 0 Å². The van der Waals surface area contributed by atoms with E-state index in [2.05, 4.69) is 27.7 Å². The summed E-state index contributed by atoms with van der Waals surface area (Å²) in [6, 6.07) is 0. The van der Waals surface area contributed by atoms with Gasteiger partial charge in [-0.3, -0.25) is 14.4 Å². The molecule has 4 rings (SSSR count). The van der Waals surface area contributed by atoms with Gasteiger partial charge in [-0.25, -0.2) is 0 Å². The van der Waals surface area contributed by atoms with Crippen LogP contribution in [0.3, 0.4) is 0 Å². The van der Waals surface area contributed by atoms with Crippen molar-refractivity contribution in [1.82, 2.24) is 0 Å². The Kier molecular flexibility index (Phi) is 9.13. The first-order valence-corrected chi connectivity index (χ1v) is 15.9. The van der Waals surface area contributed by atoms with Crippen molar-refractivity contribution >= 4 is 17.9 Å². The fourth-order valence-electron chi connectivity index (χ4n) is 9.63. The molecule has 4 fully saturated rings. The zero-order valence-corrected chi connectivity index (χ0v) is 25.4. The molecular formula is C33H54O6. The molecule has 6 nitrogen and oxygen atoms in total. The fraction of sp³-hybridized carbons (Fsp3) is 0.909. The average Bonchev–Trinajstić information content (AvgIpc) is 3.24. The number of carbonyl (C=O) groups excluding carboxylic acids is 2. The highest BCUT2D eigenvalue weighted by atomic mass is 16.5. The molecule has 0 heterocycles. The molecule has 0 aromatic rings. The summed E-state index contributed by atoms with van der Waals surface area (Å²) in [6.45, 7) is 13.4. The molecule has 4 aliphatic carbocycles. The van der Waals surface area contributed by atoms with Crippen LogP contribution in [0.1, 0.15) is 125 Å². The van der Waals surface area contributed by atoms with Crippen LogP contribution in [0.15, 0.2) is 0 Å². The van der Waals surface area contributed by atoms with Gasteiger partial charge in [0.1, 0.15) is 12.7 Å². The van der Waals surface area contributed by atoms with Gasteiger partial charge in [0.05, 0.1) is 11.8 Å². The summed E-state index contributed by atoms with van der Waals surface area (Å²) in [4.78, 5) is 35.6. The molecule has 0 radical (unpaired) electrons. The lowest BCUT2D eigenvalue weighted by Gasteiger charge is -2.61. The van der Waals surface area contributed by atoms with Crippen molar-refractivity contribution in [3.63, 3.8) is 0 Å². The van der Waals surface area contributed by atoms with E-state index >= 15 is 0 Å². The molecule has 1 N–H and O–H groups in total. The number of ether oxygens (including phenoxy) is 2. The van der Waals surface area contributed by atoms with E-state index in [1.165, 1.54) is 44.9 Å². The first-order valence-electron chi connectivity index (χ1n) is 15.9. The molecule has 39 heavy (non-hydrogen) atoms. The highest BCUT2D eigenvalue weighted by Gasteiger charge is 2.60. The fourth-order valence-corrected chi connectivity index (χ4v) is 9.63. The van der Waals surface area contributed by atoms with Crippen LogP contribution in [0, 0.1) is 51.8 Å². The van der Waals surface area contributed by atoms with Gasteiger partial charge in [-0.15, -0.1) is 0 Å². The van der Waals surface area contributed by atoms with E-state index in [4.69, 9.17) is 14.6 Å². The van der Waals surface area contributed by atoms with Crippen molar-refractivity contribution in [3.05, 3.63) is 0 Å². The van der Waals surface area contributed by atoms with Crippen LogP contribution in [0.2, 0.25) is 0 Å². The van der Waals surface area contributed by atoms with E-state index in [0.29, 0.717) is 35.0 Å². The number of hydrogen-bond donors (Lipinski definition) is 1. The third-order valence-electron chi connectivity index (χ3n) is 12.5. The van der Waals surface area contributed by atoms with Crippen LogP contribution in [-0.4, -0.2) is 35.7 Å². The summed E-state index contributed by atoms with van der Waals surface area (Å²) in [6.07, 6.45) is 12.9. The van der Waals surface area contributed by atoms with Crippen molar-refractivity contribution in [1.29, 1.82) is 0 Å². The number of hydrogen-bond acceptors (Lipinski definition) is 5. The number of carboxylic acids is 1. The molecule has 6 heteroatoms. The molecule has 0 saturated heterocycles. The monoisotopic (exact) mass is 546 g/mol. The first kappa shape index (κ1) is 30.4. The van der Waals surface area contributed by atoms with Crippen LogP contribution in [0.4, 0.5) is 0 Å². The Morgan fingerprint density at radius 3 is 2.33 bits per heavy atom. The number of carboxylic acid groups (broad SMARTS) is 1. The van der Waals surface area contributed by atoms with Gasteiger partial charge in [0, 0.05) is 6.42 Å². The Morgan fingerprint density at radius 2 is 1.64 bits per heavy atom. The minimum Gasteiger partial charge on any atom is -0.481 e. The van der Waals surface area contributed by atoms with Gasteiger partial charge in [0.2, 0.25) is 0 Å². The molecule has 0 amide bonds. The highest BCUT2D eigenvalue weighted by molar-refractivity contribution is 5.76. The quantitative estimate of drug-likeness (QED) is 0.287. The summed E-state index contributed by atoms with van der Waals surface area (Å²) in [5.74, 6) is 2.86. The SMILES string of the molecule is CCC(C)(C)C(=O)OC1CC[C@@]2(C)C(CCC3C4CCC(C(C)CCC(=O)OCCC(=O)O)[C@@]4(C)CCC32)C1. The average molecular weight is 547 g/mol. The number of aliphatic carboxylic acids is 1. The molecule has 222 valence electrons. The van der Waals surface area contributed by atoms with Crippen LogP contribution in [0.25, 0.3) is 0 Å². The smallest absolute Gasteiger partial charge is 0.311 e. The van der Waals surface area contributed by atoms with Crippen molar-refractivity contribution in [2.75, 3.05) is 6.61 Å². The molecule has 4 aliphatic rings. The third kappa shape index (κ3) is 6.05. The second kappa shape index (κ2) is 11.7. The van der Waals surface area contributed by atoms with E-state index in [0.717, 1.165) is 43.4 Å². The summed E-state index contributed by atoms with van der Waals surface area (Å²) < 4.78 is 11.2. The maximum atomic E-state index is 12.8. The molecule has 0 spiro atoms.